The monoisotopic (exact) mass is 362 g/mol. The van der Waals surface area contributed by atoms with E-state index in [2.05, 4.69) is 33.8 Å². The lowest BCUT2D eigenvalue weighted by atomic mass is 9.58. The molecule has 2 N–H and O–H groups in total. The van der Waals surface area contributed by atoms with E-state index in [-0.39, 0.29) is 24.0 Å². The molecule has 1 saturated carbocycles. The second-order valence-corrected chi connectivity index (χ2v) is 9.14. The Bertz CT molecular complexity index is 652. The summed E-state index contributed by atoms with van der Waals surface area (Å²) in [4.78, 5) is 0. The molecule has 146 valence electrons. The number of phenolic OH excluding ortho intramolecular Hbond substituents is 1. The molecule has 2 aliphatic rings. The van der Waals surface area contributed by atoms with Gasteiger partial charge in [0.05, 0.1) is 5.60 Å². The van der Waals surface area contributed by atoms with Gasteiger partial charge in [-0.2, -0.15) is 0 Å². The number of rotatable bonds is 4. The fraction of sp³-hybridized carbons (Fsp3) is 0.727. The number of benzene rings is 1. The highest BCUT2D eigenvalue weighted by molar-refractivity contribution is 5.46. The summed E-state index contributed by atoms with van der Waals surface area (Å²) in [6.07, 6.45) is 4.19. The first-order valence-corrected chi connectivity index (χ1v) is 9.89. The second kappa shape index (κ2) is 7.14. The minimum atomic E-state index is -0.933. The van der Waals surface area contributed by atoms with Gasteiger partial charge in [0.25, 0.3) is 0 Å². The Kier molecular flexibility index (Phi) is 5.40. The zero-order valence-corrected chi connectivity index (χ0v) is 16.8. The molecule has 0 aromatic heterocycles. The summed E-state index contributed by atoms with van der Waals surface area (Å²) in [5, 5.41) is 22.4. The van der Waals surface area contributed by atoms with Gasteiger partial charge < -0.3 is 19.7 Å². The van der Waals surface area contributed by atoms with E-state index in [1.165, 1.54) is 5.56 Å². The van der Waals surface area contributed by atoms with Crippen LogP contribution < -0.4 is 0 Å². The van der Waals surface area contributed by atoms with Crippen molar-refractivity contribution in [3.63, 3.8) is 0 Å². The smallest absolute Gasteiger partial charge is 0.147 e. The topological polar surface area (TPSA) is 58.9 Å². The standard InChI is InChI=1S/C22H34O4/c1-14(2)16-11-15-7-8-19-21(3,4)9-6-10-22(19,24)20(26-13-25-5)17(15)12-18(16)23/h11-12,14,19-20,23-24H,6-10,13H2,1-5H3/t19-,20-,22+/m0/s1. The fourth-order valence-electron chi connectivity index (χ4n) is 5.34. The van der Waals surface area contributed by atoms with Gasteiger partial charge in [-0.3, -0.25) is 0 Å². The SMILES string of the molecule is COCO[C@H]1c2cc(O)c(C(C)C)cc2CC[C@H]2C(C)(C)CCC[C@]12O. The number of aliphatic hydroxyl groups is 1. The lowest BCUT2D eigenvalue weighted by molar-refractivity contribution is -0.210. The van der Waals surface area contributed by atoms with Crippen molar-refractivity contribution in [3.05, 3.63) is 28.8 Å². The van der Waals surface area contributed by atoms with Gasteiger partial charge in [-0.05, 0) is 72.1 Å². The molecule has 4 nitrogen and oxygen atoms in total. The number of ether oxygens (including phenoxy) is 2. The van der Waals surface area contributed by atoms with Crippen molar-refractivity contribution in [3.8, 4) is 5.75 Å². The number of aryl methyl sites for hydroxylation is 1. The molecule has 0 spiro atoms. The molecule has 3 atom stereocenters. The van der Waals surface area contributed by atoms with Crippen LogP contribution in [0.15, 0.2) is 12.1 Å². The van der Waals surface area contributed by atoms with Crippen molar-refractivity contribution in [2.24, 2.45) is 11.3 Å². The molecule has 2 aliphatic carbocycles. The van der Waals surface area contributed by atoms with Crippen LogP contribution >= 0.6 is 0 Å². The highest BCUT2D eigenvalue weighted by Gasteiger charge is 2.54. The largest absolute Gasteiger partial charge is 0.508 e. The maximum atomic E-state index is 11.8. The number of phenols is 1. The van der Waals surface area contributed by atoms with E-state index in [1.54, 1.807) is 7.11 Å². The average Bonchev–Trinajstić information content (AvgIpc) is 2.66. The Morgan fingerprint density at radius 1 is 1.23 bits per heavy atom. The predicted molar refractivity (Wildman–Crippen MR) is 102 cm³/mol. The highest BCUT2D eigenvalue weighted by atomic mass is 16.7. The number of fused-ring (bicyclic) bond motifs is 2. The van der Waals surface area contributed by atoms with Crippen molar-refractivity contribution in [2.75, 3.05) is 13.9 Å². The molecule has 1 aromatic rings. The third-order valence-electron chi connectivity index (χ3n) is 6.65. The molecule has 0 radical (unpaired) electrons. The zero-order valence-electron chi connectivity index (χ0n) is 16.8. The Labute approximate surface area is 157 Å². The summed E-state index contributed by atoms with van der Waals surface area (Å²) in [5.74, 6) is 0.702. The summed E-state index contributed by atoms with van der Waals surface area (Å²) in [6, 6.07) is 3.94. The highest BCUT2D eigenvalue weighted by Crippen LogP contribution is 2.56. The minimum absolute atomic E-state index is 0.0622. The van der Waals surface area contributed by atoms with E-state index in [0.29, 0.717) is 5.75 Å². The van der Waals surface area contributed by atoms with Crippen molar-refractivity contribution in [1.82, 2.24) is 0 Å². The van der Waals surface area contributed by atoms with Gasteiger partial charge in [-0.15, -0.1) is 0 Å². The normalized spacial score (nSPS) is 30.6. The van der Waals surface area contributed by atoms with Crippen LogP contribution in [0.4, 0.5) is 0 Å². The molecule has 3 rings (SSSR count). The van der Waals surface area contributed by atoms with Crippen molar-refractivity contribution < 1.29 is 19.7 Å². The lowest BCUT2D eigenvalue weighted by Gasteiger charge is -2.51. The van der Waals surface area contributed by atoms with Crippen LogP contribution in [0, 0.1) is 11.3 Å². The summed E-state index contributed by atoms with van der Waals surface area (Å²) < 4.78 is 11.2. The molecular weight excluding hydrogens is 328 g/mol. The number of methoxy groups -OCH3 is 1. The summed E-state index contributed by atoms with van der Waals surface area (Å²) >= 11 is 0. The van der Waals surface area contributed by atoms with E-state index in [0.717, 1.165) is 43.2 Å². The molecule has 0 unspecified atom stereocenters. The van der Waals surface area contributed by atoms with Crippen LogP contribution in [0.1, 0.15) is 82.1 Å². The Morgan fingerprint density at radius 3 is 2.62 bits per heavy atom. The average molecular weight is 363 g/mol. The summed E-state index contributed by atoms with van der Waals surface area (Å²) in [5.41, 5.74) is 2.20. The van der Waals surface area contributed by atoms with Gasteiger partial charge in [-0.1, -0.05) is 33.8 Å². The molecule has 1 aromatic carbocycles. The Balaban J connectivity index is 2.13. The molecule has 1 fully saturated rings. The van der Waals surface area contributed by atoms with Gasteiger partial charge in [-0.25, -0.2) is 0 Å². The van der Waals surface area contributed by atoms with Gasteiger partial charge in [0.2, 0.25) is 0 Å². The van der Waals surface area contributed by atoms with Gasteiger partial charge in [0.1, 0.15) is 18.6 Å². The Hall–Kier alpha value is -1.10. The van der Waals surface area contributed by atoms with Gasteiger partial charge in [0.15, 0.2) is 0 Å². The van der Waals surface area contributed by atoms with Crippen LogP contribution in [-0.4, -0.2) is 29.7 Å². The van der Waals surface area contributed by atoms with Gasteiger partial charge in [0, 0.05) is 7.11 Å². The maximum absolute atomic E-state index is 11.8. The maximum Gasteiger partial charge on any atom is 0.147 e. The third kappa shape index (κ3) is 3.28. The first kappa shape index (κ1) is 19.7. The number of aromatic hydroxyl groups is 1. The minimum Gasteiger partial charge on any atom is -0.508 e. The van der Waals surface area contributed by atoms with E-state index >= 15 is 0 Å². The molecule has 26 heavy (non-hydrogen) atoms. The molecule has 0 amide bonds. The molecular formula is C22H34O4. The van der Waals surface area contributed by atoms with Crippen LogP contribution in [0.2, 0.25) is 0 Å². The van der Waals surface area contributed by atoms with E-state index in [4.69, 9.17) is 9.47 Å². The molecule has 0 aliphatic heterocycles. The van der Waals surface area contributed by atoms with Gasteiger partial charge >= 0.3 is 0 Å². The first-order chi connectivity index (χ1) is 12.2. The van der Waals surface area contributed by atoms with Crippen molar-refractivity contribution in [1.29, 1.82) is 0 Å². The predicted octanol–water partition coefficient (Wildman–Crippen LogP) is 4.68. The quantitative estimate of drug-likeness (QED) is 0.764. The van der Waals surface area contributed by atoms with E-state index in [9.17, 15) is 10.2 Å². The third-order valence-corrected chi connectivity index (χ3v) is 6.65. The Morgan fingerprint density at radius 2 is 1.96 bits per heavy atom. The van der Waals surface area contributed by atoms with Crippen molar-refractivity contribution in [2.45, 2.75) is 77.4 Å². The van der Waals surface area contributed by atoms with E-state index in [1.807, 2.05) is 6.07 Å². The van der Waals surface area contributed by atoms with Crippen LogP contribution in [0.3, 0.4) is 0 Å². The molecule has 4 heteroatoms. The van der Waals surface area contributed by atoms with Crippen molar-refractivity contribution >= 4 is 0 Å². The fourth-order valence-corrected chi connectivity index (χ4v) is 5.34. The lowest BCUT2D eigenvalue weighted by Crippen LogP contribution is -2.53. The van der Waals surface area contributed by atoms with Crippen LogP contribution in [0.5, 0.6) is 5.75 Å². The zero-order chi connectivity index (χ0) is 19.1. The van der Waals surface area contributed by atoms with E-state index < -0.39 is 11.7 Å². The number of hydrogen-bond donors (Lipinski definition) is 2. The van der Waals surface area contributed by atoms with Crippen LogP contribution in [0.25, 0.3) is 0 Å². The molecule has 0 bridgehead atoms. The van der Waals surface area contributed by atoms with Crippen LogP contribution in [-0.2, 0) is 15.9 Å². The first-order valence-electron chi connectivity index (χ1n) is 9.89. The molecule has 0 heterocycles. The summed E-state index contributed by atoms with van der Waals surface area (Å²) in [7, 11) is 1.60. The molecule has 0 saturated heterocycles. The second-order valence-electron chi connectivity index (χ2n) is 9.14. The number of hydrogen-bond acceptors (Lipinski definition) is 4. The summed E-state index contributed by atoms with van der Waals surface area (Å²) in [6.45, 7) is 8.84.